The van der Waals surface area contributed by atoms with Crippen LogP contribution in [0, 0.1) is 11.3 Å². The first-order chi connectivity index (χ1) is 5.49. The molecule has 0 aromatic rings. The topological polar surface area (TPSA) is 26.0 Å². The lowest BCUT2D eigenvalue weighted by atomic mass is 9.88. The molecule has 2 fully saturated rings. The van der Waals surface area contributed by atoms with Gasteiger partial charge in [-0.05, 0) is 49.9 Å². The molecule has 0 radical (unpaired) electrons. The van der Waals surface area contributed by atoms with E-state index in [1.807, 2.05) is 0 Å². The lowest BCUT2D eigenvalue weighted by Crippen LogP contribution is -2.24. The van der Waals surface area contributed by atoms with Crippen molar-refractivity contribution < 1.29 is 0 Å². The summed E-state index contributed by atoms with van der Waals surface area (Å²) < 4.78 is 0. The molecule has 1 unspecified atom stereocenters. The molecule has 0 spiro atoms. The van der Waals surface area contributed by atoms with Gasteiger partial charge in [0, 0.05) is 5.54 Å². The predicted octanol–water partition coefficient (Wildman–Crippen LogP) is 2.69. The lowest BCUT2D eigenvalue weighted by molar-refractivity contribution is 0.341. The first-order valence-electron chi connectivity index (χ1n) is 5.28. The third-order valence-corrected chi connectivity index (χ3v) is 3.66. The van der Waals surface area contributed by atoms with Crippen LogP contribution >= 0.6 is 0 Å². The van der Waals surface area contributed by atoms with Crippen molar-refractivity contribution in [3.8, 4) is 0 Å². The average molecular weight is 167 g/mol. The smallest absolute Gasteiger partial charge is 0.0158 e. The summed E-state index contributed by atoms with van der Waals surface area (Å²) in [6.45, 7) is 4.78. The predicted molar refractivity (Wildman–Crippen MR) is 51.9 cm³/mol. The van der Waals surface area contributed by atoms with Crippen molar-refractivity contribution in [2.45, 2.75) is 57.9 Å². The van der Waals surface area contributed by atoms with Gasteiger partial charge in [-0.1, -0.05) is 13.8 Å². The summed E-state index contributed by atoms with van der Waals surface area (Å²) in [7, 11) is 0. The number of rotatable bonds is 2. The van der Waals surface area contributed by atoms with E-state index < -0.39 is 0 Å². The Morgan fingerprint density at radius 3 is 2.33 bits per heavy atom. The Kier molecular flexibility index (Phi) is 1.76. The van der Waals surface area contributed by atoms with E-state index in [0.717, 1.165) is 5.92 Å². The van der Waals surface area contributed by atoms with E-state index in [9.17, 15) is 0 Å². The van der Waals surface area contributed by atoms with Crippen LogP contribution in [-0.2, 0) is 0 Å². The standard InChI is InChI=1S/C11H21N/c1-10(2)4-3-9(7-10)8-11(12)5-6-11/h9H,3-8,12H2,1-2H3. The van der Waals surface area contributed by atoms with Crippen LogP contribution < -0.4 is 5.73 Å². The molecular formula is C11H21N. The molecule has 2 saturated carbocycles. The van der Waals surface area contributed by atoms with Crippen LogP contribution in [0.3, 0.4) is 0 Å². The highest BCUT2D eigenvalue weighted by Crippen LogP contribution is 2.48. The van der Waals surface area contributed by atoms with Crippen molar-refractivity contribution in [1.29, 1.82) is 0 Å². The molecule has 2 aliphatic carbocycles. The molecule has 0 aromatic heterocycles. The van der Waals surface area contributed by atoms with Crippen molar-refractivity contribution in [1.82, 2.24) is 0 Å². The molecule has 0 amide bonds. The maximum atomic E-state index is 6.11. The summed E-state index contributed by atoms with van der Waals surface area (Å²) in [6.07, 6.45) is 8.11. The Bertz CT molecular complexity index is 179. The first-order valence-corrected chi connectivity index (χ1v) is 5.28. The molecule has 1 atom stereocenters. The summed E-state index contributed by atoms with van der Waals surface area (Å²) in [5.41, 5.74) is 7.00. The molecule has 0 heterocycles. The van der Waals surface area contributed by atoms with Gasteiger partial charge in [-0.25, -0.2) is 0 Å². The van der Waals surface area contributed by atoms with Gasteiger partial charge in [0.1, 0.15) is 0 Å². The van der Waals surface area contributed by atoms with Crippen LogP contribution in [0.5, 0.6) is 0 Å². The first kappa shape index (κ1) is 8.55. The highest BCUT2D eigenvalue weighted by molar-refractivity contribution is 5.01. The molecular weight excluding hydrogens is 146 g/mol. The van der Waals surface area contributed by atoms with Crippen molar-refractivity contribution in [3.05, 3.63) is 0 Å². The maximum Gasteiger partial charge on any atom is 0.0158 e. The number of hydrogen-bond donors (Lipinski definition) is 1. The molecule has 2 aliphatic rings. The molecule has 2 rings (SSSR count). The zero-order valence-corrected chi connectivity index (χ0v) is 8.40. The highest BCUT2D eigenvalue weighted by atomic mass is 14.8. The van der Waals surface area contributed by atoms with Gasteiger partial charge in [-0.15, -0.1) is 0 Å². The Hall–Kier alpha value is -0.0400. The fourth-order valence-corrected chi connectivity index (χ4v) is 2.69. The van der Waals surface area contributed by atoms with Crippen LogP contribution in [0.2, 0.25) is 0 Å². The van der Waals surface area contributed by atoms with Crippen LogP contribution in [0.15, 0.2) is 0 Å². The zero-order valence-electron chi connectivity index (χ0n) is 8.40. The van der Waals surface area contributed by atoms with Gasteiger partial charge in [0.25, 0.3) is 0 Å². The lowest BCUT2D eigenvalue weighted by Gasteiger charge is -2.19. The normalized spacial score (nSPS) is 36.8. The third-order valence-electron chi connectivity index (χ3n) is 3.66. The monoisotopic (exact) mass is 167 g/mol. The van der Waals surface area contributed by atoms with E-state index in [0.29, 0.717) is 5.41 Å². The van der Waals surface area contributed by atoms with Crippen LogP contribution in [0.25, 0.3) is 0 Å². The van der Waals surface area contributed by atoms with E-state index in [4.69, 9.17) is 5.73 Å². The van der Waals surface area contributed by atoms with E-state index in [2.05, 4.69) is 13.8 Å². The molecule has 12 heavy (non-hydrogen) atoms. The summed E-state index contributed by atoms with van der Waals surface area (Å²) in [5, 5.41) is 0. The van der Waals surface area contributed by atoms with Crippen molar-refractivity contribution in [2.75, 3.05) is 0 Å². The Morgan fingerprint density at radius 1 is 1.25 bits per heavy atom. The van der Waals surface area contributed by atoms with Crippen molar-refractivity contribution in [3.63, 3.8) is 0 Å². The minimum atomic E-state index is 0.283. The molecule has 1 nitrogen and oxygen atoms in total. The molecule has 0 aliphatic heterocycles. The van der Waals surface area contributed by atoms with Gasteiger partial charge in [0.15, 0.2) is 0 Å². The molecule has 1 heteroatoms. The summed E-state index contributed by atoms with van der Waals surface area (Å²) in [5.74, 6) is 0.937. The Labute approximate surface area is 75.7 Å². The summed E-state index contributed by atoms with van der Waals surface area (Å²) in [6, 6.07) is 0. The van der Waals surface area contributed by atoms with Crippen molar-refractivity contribution in [2.24, 2.45) is 17.1 Å². The minimum absolute atomic E-state index is 0.283. The number of hydrogen-bond acceptors (Lipinski definition) is 1. The minimum Gasteiger partial charge on any atom is -0.325 e. The van der Waals surface area contributed by atoms with Crippen molar-refractivity contribution >= 4 is 0 Å². The Morgan fingerprint density at radius 2 is 1.92 bits per heavy atom. The van der Waals surface area contributed by atoms with Gasteiger partial charge in [0.2, 0.25) is 0 Å². The van der Waals surface area contributed by atoms with E-state index in [1.165, 1.54) is 38.5 Å². The average Bonchev–Trinajstić information content (AvgIpc) is 2.53. The second-order valence-electron chi connectivity index (χ2n) is 5.84. The quantitative estimate of drug-likeness (QED) is 0.672. The van der Waals surface area contributed by atoms with E-state index in [-0.39, 0.29) is 5.54 Å². The van der Waals surface area contributed by atoms with Crippen LogP contribution in [0.4, 0.5) is 0 Å². The van der Waals surface area contributed by atoms with Crippen LogP contribution in [0.1, 0.15) is 52.4 Å². The van der Waals surface area contributed by atoms with Gasteiger partial charge in [-0.2, -0.15) is 0 Å². The van der Waals surface area contributed by atoms with Gasteiger partial charge >= 0.3 is 0 Å². The highest BCUT2D eigenvalue weighted by Gasteiger charge is 2.42. The molecule has 0 bridgehead atoms. The third kappa shape index (κ3) is 1.82. The SMILES string of the molecule is CC1(C)CCC(CC2(N)CC2)C1. The second kappa shape index (κ2) is 2.47. The van der Waals surface area contributed by atoms with E-state index >= 15 is 0 Å². The van der Waals surface area contributed by atoms with Gasteiger partial charge in [-0.3, -0.25) is 0 Å². The number of nitrogens with two attached hydrogens (primary N) is 1. The molecule has 70 valence electrons. The van der Waals surface area contributed by atoms with E-state index in [1.54, 1.807) is 0 Å². The maximum absolute atomic E-state index is 6.11. The fourth-order valence-electron chi connectivity index (χ4n) is 2.69. The zero-order chi connectivity index (χ0) is 8.82. The largest absolute Gasteiger partial charge is 0.325 e. The molecule has 0 aromatic carbocycles. The summed E-state index contributed by atoms with van der Waals surface area (Å²) >= 11 is 0. The van der Waals surface area contributed by atoms with Gasteiger partial charge in [0.05, 0.1) is 0 Å². The summed E-state index contributed by atoms with van der Waals surface area (Å²) in [4.78, 5) is 0. The van der Waals surface area contributed by atoms with Crippen LogP contribution in [-0.4, -0.2) is 5.54 Å². The Balaban J connectivity index is 1.84. The molecule has 0 saturated heterocycles. The fraction of sp³-hybridized carbons (Fsp3) is 1.00. The second-order valence-corrected chi connectivity index (χ2v) is 5.84. The van der Waals surface area contributed by atoms with Gasteiger partial charge < -0.3 is 5.73 Å². The molecule has 2 N–H and O–H groups in total.